The van der Waals surface area contributed by atoms with Crippen molar-refractivity contribution < 1.29 is 9.53 Å². The molecule has 1 atom stereocenters. The maximum Gasteiger partial charge on any atom is 0.262 e. The summed E-state index contributed by atoms with van der Waals surface area (Å²) < 4.78 is 5.68. The zero-order valence-electron chi connectivity index (χ0n) is 17.3. The van der Waals surface area contributed by atoms with Crippen molar-refractivity contribution in [2.45, 2.75) is 46.0 Å². The number of hydrogen-bond donors (Lipinski definition) is 1. The third kappa shape index (κ3) is 5.28. The van der Waals surface area contributed by atoms with E-state index in [1.165, 1.54) is 18.4 Å². The Morgan fingerprint density at radius 2 is 1.82 bits per heavy atom. The van der Waals surface area contributed by atoms with Crippen LogP contribution in [0.25, 0.3) is 0 Å². The van der Waals surface area contributed by atoms with Crippen LogP contribution in [-0.4, -0.2) is 25.6 Å². The van der Waals surface area contributed by atoms with Crippen LogP contribution in [0, 0.1) is 5.92 Å². The Balaban J connectivity index is 1.56. The second-order valence-corrected chi connectivity index (χ2v) is 7.90. The number of nitrogens with zero attached hydrogens (tertiary/aromatic N) is 1. The van der Waals surface area contributed by atoms with Gasteiger partial charge in [0.1, 0.15) is 5.75 Å². The van der Waals surface area contributed by atoms with Crippen LogP contribution >= 0.6 is 0 Å². The zero-order valence-corrected chi connectivity index (χ0v) is 17.3. The van der Waals surface area contributed by atoms with E-state index < -0.39 is 0 Å². The Morgan fingerprint density at radius 1 is 1.14 bits per heavy atom. The Labute approximate surface area is 168 Å². The molecule has 0 radical (unpaired) electrons. The molecule has 2 aromatic carbocycles. The predicted octanol–water partition coefficient (Wildman–Crippen LogP) is 5.45. The molecule has 2 aromatic rings. The highest BCUT2D eigenvalue weighted by atomic mass is 16.5. The largest absolute Gasteiger partial charge is 0.484 e. The van der Waals surface area contributed by atoms with Crippen molar-refractivity contribution >= 4 is 17.3 Å². The Hall–Kier alpha value is -2.49. The minimum atomic E-state index is -0.135. The molecule has 0 saturated carbocycles. The second-order valence-electron chi connectivity index (χ2n) is 7.90. The molecule has 0 aliphatic carbocycles. The van der Waals surface area contributed by atoms with Crippen LogP contribution in [0.4, 0.5) is 11.4 Å². The maximum absolute atomic E-state index is 12.4. The molecular weight excluding hydrogens is 348 g/mol. The Kier molecular flexibility index (Phi) is 6.96. The molecular formula is C24H32N2O2. The number of para-hydroxylation sites is 2. The van der Waals surface area contributed by atoms with E-state index in [0.717, 1.165) is 42.6 Å². The molecule has 1 aliphatic heterocycles. The normalized spacial score (nSPS) is 15.9. The van der Waals surface area contributed by atoms with Crippen LogP contribution in [0.3, 0.4) is 0 Å². The van der Waals surface area contributed by atoms with E-state index in [0.29, 0.717) is 5.92 Å². The first-order valence-electron chi connectivity index (χ1n) is 10.4. The van der Waals surface area contributed by atoms with Crippen LogP contribution in [0.1, 0.15) is 51.5 Å². The quantitative estimate of drug-likeness (QED) is 0.694. The van der Waals surface area contributed by atoms with Gasteiger partial charge in [0.15, 0.2) is 6.61 Å². The Morgan fingerprint density at radius 3 is 2.50 bits per heavy atom. The first-order valence-corrected chi connectivity index (χ1v) is 10.4. The summed E-state index contributed by atoms with van der Waals surface area (Å²) in [7, 11) is 0. The average molecular weight is 381 g/mol. The van der Waals surface area contributed by atoms with Gasteiger partial charge < -0.3 is 15.0 Å². The third-order valence-electron chi connectivity index (χ3n) is 5.73. The maximum atomic E-state index is 12.4. The number of carbonyl (C=O) groups is 1. The van der Waals surface area contributed by atoms with Crippen molar-refractivity contribution in [3.8, 4) is 5.75 Å². The lowest BCUT2D eigenvalue weighted by molar-refractivity contribution is -0.118. The molecule has 0 bridgehead atoms. The SMILES string of the molecule is CCC(C)c1ccc(OCC(=O)Nc2ccccc2N2CCC(C)CC2)cc1. The summed E-state index contributed by atoms with van der Waals surface area (Å²) in [5.41, 5.74) is 3.25. The number of hydrogen-bond acceptors (Lipinski definition) is 3. The number of rotatable bonds is 7. The molecule has 1 aliphatic rings. The number of nitrogens with one attached hydrogen (secondary N) is 1. The van der Waals surface area contributed by atoms with Gasteiger partial charge >= 0.3 is 0 Å². The summed E-state index contributed by atoms with van der Waals surface area (Å²) in [6.07, 6.45) is 3.49. The van der Waals surface area contributed by atoms with Gasteiger partial charge in [-0.25, -0.2) is 0 Å². The lowest BCUT2D eigenvalue weighted by atomic mass is 9.98. The molecule has 1 heterocycles. The van der Waals surface area contributed by atoms with Gasteiger partial charge in [0.2, 0.25) is 0 Å². The predicted molar refractivity (Wildman–Crippen MR) is 116 cm³/mol. The molecule has 0 aromatic heterocycles. The summed E-state index contributed by atoms with van der Waals surface area (Å²) >= 11 is 0. The van der Waals surface area contributed by atoms with Crippen LogP contribution in [-0.2, 0) is 4.79 Å². The minimum Gasteiger partial charge on any atom is -0.484 e. The van der Waals surface area contributed by atoms with Crippen LogP contribution < -0.4 is 15.0 Å². The van der Waals surface area contributed by atoms with Crippen LogP contribution in [0.2, 0.25) is 0 Å². The fourth-order valence-corrected chi connectivity index (χ4v) is 3.57. The van der Waals surface area contributed by atoms with E-state index in [2.05, 4.69) is 49.2 Å². The van der Waals surface area contributed by atoms with Crippen LogP contribution in [0.5, 0.6) is 5.75 Å². The minimum absolute atomic E-state index is 0.00798. The van der Waals surface area contributed by atoms with Gasteiger partial charge in [-0.05, 0) is 60.9 Å². The number of benzene rings is 2. The summed E-state index contributed by atoms with van der Waals surface area (Å²) in [6, 6.07) is 16.1. The van der Waals surface area contributed by atoms with E-state index in [1.807, 2.05) is 30.3 Å². The summed E-state index contributed by atoms with van der Waals surface area (Å²) in [5.74, 6) is 1.90. The van der Waals surface area contributed by atoms with E-state index >= 15 is 0 Å². The fourth-order valence-electron chi connectivity index (χ4n) is 3.57. The highest BCUT2D eigenvalue weighted by Gasteiger charge is 2.19. The monoisotopic (exact) mass is 380 g/mol. The third-order valence-corrected chi connectivity index (χ3v) is 5.73. The van der Waals surface area contributed by atoms with Gasteiger partial charge in [0, 0.05) is 13.1 Å². The molecule has 4 heteroatoms. The van der Waals surface area contributed by atoms with Gasteiger partial charge in [-0.1, -0.05) is 45.0 Å². The molecule has 1 fully saturated rings. The summed E-state index contributed by atoms with van der Waals surface area (Å²) in [4.78, 5) is 14.8. The summed E-state index contributed by atoms with van der Waals surface area (Å²) in [5, 5.41) is 3.02. The van der Waals surface area contributed by atoms with Crippen molar-refractivity contribution in [2.75, 3.05) is 29.9 Å². The standard InChI is InChI=1S/C24H32N2O2/c1-4-19(3)20-9-11-21(12-10-20)28-17-24(27)25-22-7-5-6-8-23(22)26-15-13-18(2)14-16-26/h5-12,18-19H,4,13-17H2,1-3H3,(H,25,27). The van der Waals surface area contributed by atoms with Crippen molar-refractivity contribution in [1.82, 2.24) is 0 Å². The van der Waals surface area contributed by atoms with E-state index in [9.17, 15) is 4.79 Å². The number of carbonyl (C=O) groups excluding carboxylic acids is 1. The van der Waals surface area contributed by atoms with E-state index in [4.69, 9.17) is 4.74 Å². The van der Waals surface area contributed by atoms with Crippen molar-refractivity contribution in [3.05, 3.63) is 54.1 Å². The van der Waals surface area contributed by atoms with Gasteiger partial charge in [-0.2, -0.15) is 0 Å². The number of piperidine rings is 1. The average Bonchev–Trinajstić information content (AvgIpc) is 2.73. The van der Waals surface area contributed by atoms with Crippen molar-refractivity contribution in [1.29, 1.82) is 0 Å². The van der Waals surface area contributed by atoms with Crippen molar-refractivity contribution in [3.63, 3.8) is 0 Å². The fraction of sp³-hybridized carbons (Fsp3) is 0.458. The van der Waals surface area contributed by atoms with Crippen molar-refractivity contribution in [2.24, 2.45) is 5.92 Å². The second kappa shape index (κ2) is 9.63. The van der Waals surface area contributed by atoms with Crippen LogP contribution in [0.15, 0.2) is 48.5 Å². The van der Waals surface area contributed by atoms with Gasteiger partial charge in [-0.3, -0.25) is 4.79 Å². The molecule has 28 heavy (non-hydrogen) atoms. The lowest BCUT2D eigenvalue weighted by Crippen LogP contribution is -2.33. The van der Waals surface area contributed by atoms with Gasteiger partial charge in [-0.15, -0.1) is 0 Å². The summed E-state index contributed by atoms with van der Waals surface area (Å²) in [6.45, 7) is 8.78. The van der Waals surface area contributed by atoms with Gasteiger partial charge in [0.25, 0.3) is 5.91 Å². The number of amides is 1. The molecule has 1 amide bonds. The highest BCUT2D eigenvalue weighted by molar-refractivity contribution is 5.95. The first-order chi connectivity index (χ1) is 13.6. The number of ether oxygens (including phenoxy) is 1. The Bertz CT molecular complexity index is 764. The number of anilines is 2. The smallest absolute Gasteiger partial charge is 0.262 e. The molecule has 3 rings (SSSR count). The first kappa shape index (κ1) is 20.2. The molecule has 0 spiro atoms. The highest BCUT2D eigenvalue weighted by Crippen LogP contribution is 2.29. The molecule has 4 nitrogen and oxygen atoms in total. The lowest BCUT2D eigenvalue weighted by Gasteiger charge is -2.33. The molecule has 1 unspecified atom stereocenters. The van der Waals surface area contributed by atoms with E-state index in [1.54, 1.807) is 0 Å². The molecule has 1 N–H and O–H groups in total. The van der Waals surface area contributed by atoms with Gasteiger partial charge in [0.05, 0.1) is 11.4 Å². The molecule has 150 valence electrons. The topological polar surface area (TPSA) is 41.6 Å². The van der Waals surface area contributed by atoms with E-state index in [-0.39, 0.29) is 12.5 Å². The zero-order chi connectivity index (χ0) is 19.9. The molecule has 1 saturated heterocycles.